The number of carbonyl (C=O) groups is 1. The highest BCUT2D eigenvalue weighted by atomic mass is 16.4. The highest BCUT2D eigenvalue weighted by Gasteiger charge is 2.07. The summed E-state index contributed by atoms with van der Waals surface area (Å²) in [5, 5.41) is 13.7. The predicted molar refractivity (Wildman–Crippen MR) is 43.7 cm³/mol. The molecule has 0 aromatic carbocycles. The van der Waals surface area contributed by atoms with Crippen LogP contribution in [0.2, 0.25) is 0 Å². The first-order chi connectivity index (χ1) is 6.18. The van der Waals surface area contributed by atoms with Crippen LogP contribution in [-0.4, -0.2) is 26.3 Å². The van der Waals surface area contributed by atoms with Gasteiger partial charge < -0.3 is 5.11 Å². The Morgan fingerprint density at radius 2 is 2.15 bits per heavy atom. The maximum Gasteiger partial charge on any atom is 0.354 e. The van der Waals surface area contributed by atoms with Gasteiger partial charge in [0.05, 0.1) is 5.39 Å². The van der Waals surface area contributed by atoms with Gasteiger partial charge in [-0.1, -0.05) is 0 Å². The Bertz CT molecular complexity index is 525. The summed E-state index contributed by atoms with van der Waals surface area (Å²) in [6.45, 7) is 0. The Morgan fingerprint density at radius 3 is 2.85 bits per heavy atom. The van der Waals surface area contributed by atoms with E-state index in [1.165, 1.54) is 12.1 Å². The smallest absolute Gasteiger partial charge is 0.354 e. The molecule has 6 heteroatoms. The van der Waals surface area contributed by atoms with Gasteiger partial charge in [-0.3, -0.25) is 15.0 Å². The minimum atomic E-state index is -1.12. The standard InChI is InChI=1S/C7H5N3O3/c11-6-3-1-2-4(7(12)13)8-5(3)9-10-6/h1-2H,(H,12,13)(H2,8,9,10,11). The van der Waals surface area contributed by atoms with E-state index in [9.17, 15) is 9.59 Å². The number of aromatic amines is 2. The number of hydrogen-bond donors (Lipinski definition) is 3. The highest BCUT2D eigenvalue weighted by molar-refractivity contribution is 5.88. The normalized spacial score (nSPS) is 10.5. The van der Waals surface area contributed by atoms with Crippen molar-refractivity contribution in [3.8, 4) is 0 Å². The molecule has 0 aliphatic rings. The lowest BCUT2D eigenvalue weighted by Crippen LogP contribution is -2.01. The van der Waals surface area contributed by atoms with Crippen LogP contribution >= 0.6 is 0 Å². The molecule has 0 spiro atoms. The van der Waals surface area contributed by atoms with E-state index in [1.54, 1.807) is 0 Å². The number of aromatic nitrogens is 3. The Morgan fingerprint density at radius 1 is 1.38 bits per heavy atom. The maximum atomic E-state index is 11.0. The van der Waals surface area contributed by atoms with Crippen molar-refractivity contribution in [2.24, 2.45) is 0 Å². The molecule has 2 aromatic heterocycles. The van der Waals surface area contributed by atoms with Crippen molar-refractivity contribution in [2.75, 3.05) is 0 Å². The third-order valence-corrected chi connectivity index (χ3v) is 1.65. The molecule has 0 aliphatic carbocycles. The van der Waals surface area contributed by atoms with Crippen molar-refractivity contribution < 1.29 is 9.90 Å². The number of hydrogen-bond acceptors (Lipinski definition) is 3. The van der Waals surface area contributed by atoms with Crippen molar-refractivity contribution in [1.29, 1.82) is 0 Å². The topological polar surface area (TPSA) is 98.8 Å². The first kappa shape index (κ1) is 7.53. The van der Waals surface area contributed by atoms with E-state index in [4.69, 9.17) is 5.11 Å². The second-order valence-corrected chi connectivity index (χ2v) is 2.48. The Labute approximate surface area is 71.2 Å². The first-order valence-corrected chi connectivity index (χ1v) is 3.49. The van der Waals surface area contributed by atoms with Crippen LogP contribution in [0.1, 0.15) is 10.5 Å². The van der Waals surface area contributed by atoms with Crippen LogP contribution in [0, 0.1) is 0 Å². The fourth-order valence-electron chi connectivity index (χ4n) is 1.04. The molecule has 0 saturated carbocycles. The van der Waals surface area contributed by atoms with Crippen LogP contribution in [0.3, 0.4) is 0 Å². The summed E-state index contributed by atoms with van der Waals surface area (Å²) in [7, 11) is 0. The molecule has 0 saturated heterocycles. The first-order valence-electron chi connectivity index (χ1n) is 3.49. The molecule has 2 aromatic rings. The number of nitrogens with one attached hydrogen (secondary N) is 2. The number of carboxylic acids is 1. The van der Waals surface area contributed by atoms with Crippen molar-refractivity contribution >= 4 is 17.0 Å². The molecule has 2 heterocycles. The molecule has 0 radical (unpaired) electrons. The monoisotopic (exact) mass is 179 g/mol. The zero-order valence-electron chi connectivity index (χ0n) is 6.37. The maximum absolute atomic E-state index is 11.0. The molecule has 0 amide bonds. The number of H-pyrrole nitrogens is 2. The van der Waals surface area contributed by atoms with Gasteiger partial charge in [-0.15, -0.1) is 0 Å². The summed E-state index contributed by atoms with van der Waals surface area (Å²) in [5.74, 6) is -1.12. The van der Waals surface area contributed by atoms with Gasteiger partial charge in [-0.05, 0) is 12.1 Å². The van der Waals surface area contributed by atoms with Crippen LogP contribution in [0.5, 0.6) is 0 Å². The number of aromatic carboxylic acids is 1. The molecule has 0 atom stereocenters. The highest BCUT2D eigenvalue weighted by Crippen LogP contribution is 2.04. The van der Waals surface area contributed by atoms with Crippen molar-refractivity contribution in [2.45, 2.75) is 0 Å². The zero-order valence-corrected chi connectivity index (χ0v) is 6.37. The molecule has 66 valence electrons. The van der Waals surface area contributed by atoms with Gasteiger partial charge >= 0.3 is 5.97 Å². The van der Waals surface area contributed by atoms with Crippen LogP contribution in [0.25, 0.3) is 11.0 Å². The lowest BCUT2D eigenvalue weighted by Gasteiger charge is -1.91. The molecule has 0 bridgehead atoms. The molecule has 0 unspecified atom stereocenters. The second kappa shape index (κ2) is 2.44. The van der Waals surface area contributed by atoms with Gasteiger partial charge in [0.1, 0.15) is 0 Å². The molecular formula is C7H5N3O3. The van der Waals surface area contributed by atoms with Gasteiger partial charge in [0.25, 0.3) is 5.56 Å². The van der Waals surface area contributed by atoms with E-state index in [0.29, 0.717) is 5.39 Å². The average Bonchev–Trinajstić information content (AvgIpc) is 2.47. The lowest BCUT2D eigenvalue weighted by molar-refractivity contribution is 0.0691. The van der Waals surface area contributed by atoms with Gasteiger partial charge in [-0.25, -0.2) is 9.78 Å². The fourth-order valence-corrected chi connectivity index (χ4v) is 1.04. The molecule has 13 heavy (non-hydrogen) atoms. The average molecular weight is 179 g/mol. The summed E-state index contributed by atoms with van der Waals surface area (Å²) >= 11 is 0. The second-order valence-electron chi connectivity index (χ2n) is 2.48. The van der Waals surface area contributed by atoms with E-state index in [-0.39, 0.29) is 16.9 Å². The molecular weight excluding hydrogens is 174 g/mol. The number of nitrogens with zero attached hydrogens (tertiary/aromatic N) is 1. The van der Waals surface area contributed by atoms with Gasteiger partial charge in [0.2, 0.25) is 0 Å². The fraction of sp³-hybridized carbons (Fsp3) is 0. The summed E-state index contributed by atoms with van der Waals surface area (Å²) < 4.78 is 0. The molecule has 6 nitrogen and oxygen atoms in total. The molecule has 0 fully saturated rings. The number of carboxylic acid groups (broad SMARTS) is 1. The van der Waals surface area contributed by atoms with Crippen LogP contribution in [0.4, 0.5) is 0 Å². The van der Waals surface area contributed by atoms with Crippen LogP contribution < -0.4 is 5.56 Å². The third-order valence-electron chi connectivity index (χ3n) is 1.65. The summed E-state index contributed by atoms with van der Waals surface area (Å²) in [4.78, 5) is 25.2. The zero-order chi connectivity index (χ0) is 9.42. The van der Waals surface area contributed by atoms with Gasteiger partial charge in [0, 0.05) is 0 Å². The number of pyridine rings is 1. The Kier molecular flexibility index (Phi) is 1.42. The molecule has 3 N–H and O–H groups in total. The third kappa shape index (κ3) is 1.08. The van der Waals surface area contributed by atoms with Crippen molar-refractivity contribution in [3.63, 3.8) is 0 Å². The van der Waals surface area contributed by atoms with E-state index in [0.717, 1.165) is 0 Å². The number of rotatable bonds is 1. The van der Waals surface area contributed by atoms with E-state index in [2.05, 4.69) is 15.2 Å². The van der Waals surface area contributed by atoms with Gasteiger partial charge in [0.15, 0.2) is 11.3 Å². The summed E-state index contributed by atoms with van der Waals surface area (Å²) in [6, 6.07) is 2.70. The molecule has 2 rings (SSSR count). The lowest BCUT2D eigenvalue weighted by atomic mass is 10.3. The van der Waals surface area contributed by atoms with Gasteiger partial charge in [-0.2, -0.15) is 0 Å². The Balaban J connectivity index is 2.77. The Hall–Kier alpha value is -2.11. The van der Waals surface area contributed by atoms with Crippen LogP contribution in [0.15, 0.2) is 16.9 Å². The molecule has 0 aliphatic heterocycles. The summed E-state index contributed by atoms with van der Waals surface area (Å²) in [6.07, 6.45) is 0. The minimum absolute atomic E-state index is 0.0947. The summed E-state index contributed by atoms with van der Waals surface area (Å²) in [5.41, 5.74) is -0.146. The SMILES string of the molecule is O=C(O)c1ccc2c(=O)[nH][nH]c2n1. The quantitative estimate of drug-likeness (QED) is 0.571. The predicted octanol–water partition coefficient (Wildman–Crippen LogP) is -0.0506. The minimum Gasteiger partial charge on any atom is -0.477 e. The van der Waals surface area contributed by atoms with E-state index in [1.807, 2.05) is 0 Å². The van der Waals surface area contributed by atoms with Crippen molar-refractivity contribution in [3.05, 3.63) is 28.2 Å². The number of fused-ring (bicyclic) bond motifs is 1. The van der Waals surface area contributed by atoms with Crippen LogP contribution in [-0.2, 0) is 0 Å². The van der Waals surface area contributed by atoms with E-state index >= 15 is 0 Å². The largest absolute Gasteiger partial charge is 0.477 e. The van der Waals surface area contributed by atoms with E-state index < -0.39 is 5.97 Å². The van der Waals surface area contributed by atoms with Crippen molar-refractivity contribution in [1.82, 2.24) is 15.2 Å².